The van der Waals surface area contributed by atoms with E-state index in [2.05, 4.69) is 4.74 Å². The lowest BCUT2D eigenvalue weighted by molar-refractivity contribution is -0.138. The molecular weight excluding hydrogens is 176 g/mol. The number of hydrogen-bond acceptors (Lipinski definition) is 2. The molecule has 0 aliphatic carbocycles. The van der Waals surface area contributed by atoms with E-state index in [1.54, 1.807) is 13.8 Å². The first-order valence-corrected chi connectivity index (χ1v) is 4.00. The number of allylic oxidation sites excluding steroid dienone is 2. The molecule has 0 aliphatic rings. The summed E-state index contributed by atoms with van der Waals surface area (Å²) in [5.74, 6) is -0.320. The van der Waals surface area contributed by atoms with E-state index in [4.69, 9.17) is 18.2 Å². The molecule has 0 aromatic heterocycles. The van der Waals surface area contributed by atoms with Crippen molar-refractivity contribution in [2.75, 3.05) is 0 Å². The Hall–Kier alpha value is -0.760. The van der Waals surface area contributed by atoms with E-state index in [1.165, 1.54) is 6.26 Å². The van der Waals surface area contributed by atoms with Gasteiger partial charge in [-0.15, -0.1) is 0 Å². The number of halogens is 1. The Morgan fingerprint density at radius 2 is 2.08 bits per heavy atom. The van der Waals surface area contributed by atoms with Crippen molar-refractivity contribution in [2.24, 2.45) is 0 Å². The molecule has 0 saturated heterocycles. The van der Waals surface area contributed by atoms with Gasteiger partial charge in [0.05, 0.1) is 5.03 Å². The summed E-state index contributed by atoms with van der Waals surface area (Å²) in [5, 5.41) is 0.441. The third-order valence-corrected chi connectivity index (χ3v) is 1.17. The van der Waals surface area contributed by atoms with Crippen LogP contribution in [0.15, 0.2) is 16.9 Å². The van der Waals surface area contributed by atoms with Crippen molar-refractivity contribution >= 4 is 17.6 Å². The number of hydrogen-bond donors (Lipinski definition) is 0. The van der Waals surface area contributed by atoms with Crippen molar-refractivity contribution in [1.29, 1.82) is 0 Å². The summed E-state index contributed by atoms with van der Waals surface area (Å²) in [4.78, 5) is 10.9. The van der Waals surface area contributed by atoms with Gasteiger partial charge in [0.25, 0.3) is 0 Å². The molecule has 0 unspecified atom stereocenters. The van der Waals surface area contributed by atoms with Gasteiger partial charge in [0.15, 0.2) is 0 Å². The van der Waals surface area contributed by atoms with Crippen LogP contribution in [0, 0.1) is 6.58 Å². The van der Waals surface area contributed by atoms with Crippen molar-refractivity contribution in [1.82, 2.24) is 0 Å². The minimum Gasteiger partial charge on any atom is -0.433 e. The van der Waals surface area contributed by atoms with Crippen LogP contribution in [-0.4, -0.2) is 5.97 Å². The number of rotatable bonds is 4. The summed E-state index contributed by atoms with van der Waals surface area (Å²) < 4.78 is 4.65. The second kappa shape index (κ2) is 5.84. The van der Waals surface area contributed by atoms with Crippen molar-refractivity contribution in [2.45, 2.75) is 26.7 Å². The van der Waals surface area contributed by atoms with Gasteiger partial charge < -0.3 is 4.74 Å². The highest BCUT2D eigenvalue weighted by atomic mass is 35.5. The topological polar surface area (TPSA) is 26.3 Å². The Balaban J connectivity index is 3.61. The van der Waals surface area contributed by atoms with Gasteiger partial charge in [-0.2, -0.15) is 0 Å². The minimum absolute atomic E-state index is 0.295. The zero-order chi connectivity index (χ0) is 9.56. The van der Waals surface area contributed by atoms with Crippen molar-refractivity contribution in [3.05, 3.63) is 23.4 Å². The fourth-order valence-corrected chi connectivity index (χ4v) is 0.550. The van der Waals surface area contributed by atoms with Gasteiger partial charge in [0.2, 0.25) is 0 Å². The standard InChI is InChI=1S/C9H12ClO2/c1-7(2)4-5-9(11)12-6-8(3)10/h1,6H,4-5H2,2-3H3. The first-order valence-electron chi connectivity index (χ1n) is 3.62. The highest BCUT2D eigenvalue weighted by Gasteiger charge is 2.00. The summed E-state index contributed by atoms with van der Waals surface area (Å²) in [6.07, 6.45) is 2.06. The van der Waals surface area contributed by atoms with Gasteiger partial charge >= 0.3 is 5.97 Å². The van der Waals surface area contributed by atoms with Gasteiger partial charge in [-0.3, -0.25) is 4.79 Å². The molecule has 67 valence electrons. The fraction of sp³-hybridized carbons (Fsp3) is 0.444. The molecule has 0 amide bonds. The molecule has 12 heavy (non-hydrogen) atoms. The zero-order valence-corrected chi connectivity index (χ0v) is 8.02. The molecule has 0 heterocycles. The van der Waals surface area contributed by atoms with Crippen LogP contribution in [0.1, 0.15) is 26.7 Å². The summed E-state index contributed by atoms with van der Waals surface area (Å²) in [6.45, 7) is 8.76. The molecule has 0 aromatic carbocycles. The summed E-state index contributed by atoms with van der Waals surface area (Å²) in [7, 11) is 0. The van der Waals surface area contributed by atoms with Crippen LogP contribution >= 0.6 is 11.6 Å². The Morgan fingerprint density at radius 3 is 2.50 bits per heavy atom. The highest BCUT2D eigenvalue weighted by molar-refractivity contribution is 6.29. The number of carbonyl (C=O) groups excluding carboxylic acids is 1. The maximum Gasteiger partial charge on any atom is 0.310 e. The fourth-order valence-electron chi connectivity index (χ4n) is 0.505. The highest BCUT2D eigenvalue weighted by Crippen LogP contribution is 2.03. The van der Waals surface area contributed by atoms with E-state index >= 15 is 0 Å². The normalized spacial score (nSPS) is 11.1. The van der Waals surface area contributed by atoms with Gasteiger partial charge in [0, 0.05) is 6.42 Å². The second-order valence-corrected chi connectivity index (χ2v) is 3.14. The van der Waals surface area contributed by atoms with Crippen LogP contribution < -0.4 is 0 Å². The van der Waals surface area contributed by atoms with E-state index in [0.717, 1.165) is 5.57 Å². The molecule has 2 nitrogen and oxygen atoms in total. The van der Waals surface area contributed by atoms with Crippen molar-refractivity contribution in [3.63, 3.8) is 0 Å². The maximum atomic E-state index is 10.9. The van der Waals surface area contributed by atoms with E-state index in [0.29, 0.717) is 17.9 Å². The number of ether oxygens (including phenoxy) is 1. The Kier molecular flexibility index (Phi) is 5.47. The third kappa shape index (κ3) is 7.35. The molecule has 0 aliphatic heterocycles. The molecule has 0 rings (SSSR count). The second-order valence-electron chi connectivity index (χ2n) is 2.54. The van der Waals surface area contributed by atoms with Crippen LogP contribution in [0.2, 0.25) is 0 Å². The van der Waals surface area contributed by atoms with Gasteiger partial charge in [-0.25, -0.2) is 0 Å². The predicted octanol–water partition coefficient (Wildman–Crippen LogP) is 2.79. The minimum atomic E-state index is -0.320. The molecule has 0 spiro atoms. The Labute approximate surface area is 77.9 Å². The van der Waals surface area contributed by atoms with Crippen molar-refractivity contribution < 1.29 is 9.53 Å². The summed E-state index contributed by atoms with van der Waals surface area (Å²) in [6, 6.07) is 0. The lowest BCUT2D eigenvalue weighted by Crippen LogP contribution is -1.99. The van der Waals surface area contributed by atoms with Crippen LogP contribution in [0.5, 0.6) is 0 Å². The zero-order valence-electron chi connectivity index (χ0n) is 7.26. The van der Waals surface area contributed by atoms with E-state index in [-0.39, 0.29) is 5.97 Å². The average Bonchev–Trinajstić information content (AvgIpc) is 1.96. The van der Waals surface area contributed by atoms with E-state index in [9.17, 15) is 4.79 Å². The molecule has 0 fully saturated rings. The van der Waals surface area contributed by atoms with Gasteiger partial charge in [-0.05, 0) is 20.3 Å². The lowest BCUT2D eigenvalue weighted by atomic mass is 10.2. The summed E-state index contributed by atoms with van der Waals surface area (Å²) in [5.41, 5.74) is 0.721. The lowest BCUT2D eigenvalue weighted by Gasteiger charge is -1.98. The molecule has 1 radical (unpaired) electrons. The largest absolute Gasteiger partial charge is 0.433 e. The average molecular weight is 188 g/mol. The molecule has 3 heteroatoms. The molecular formula is C9H12ClO2. The van der Waals surface area contributed by atoms with E-state index in [1.807, 2.05) is 0 Å². The first-order chi connectivity index (χ1) is 5.52. The van der Waals surface area contributed by atoms with Crippen molar-refractivity contribution in [3.8, 4) is 0 Å². The van der Waals surface area contributed by atoms with Crippen LogP contribution in [0.4, 0.5) is 0 Å². The number of carbonyl (C=O) groups is 1. The van der Waals surface area contributed by atoms with Crippen LogP contribution in [-0.2, 0) is 9.53 Å². The SMILES string of the molecule is [CH]=C(C)CCC(=O)OC=C(C)Cl. The third-order valence-electron chi connectivity index (χ3n) is 1.08. The molecule has 0 N–H and O–H groups in total. The first kappa shape index (κ1) is 11.2. The van der Waals surface area contributed by atoms with Crippen LogP contribution in [0.3, 0.4) is 0 Å². The van der Waals surface area contributed by atoms with E-state index < -0.39 is 0 Å². The smallest absolute Gasteiger partial charge is 0.310 e. The maximum absolute atomic E-state index is 10.9. The quantitative estimate of drug-likeness (QED) is 0.500. The van der Waals surface area contributed by atoms with Gasteiger partial charge in [0.1, 0.15) is 6.26 Å². The van der Waals surface area contributed by atoms with Gasteiger partial charge in [-0.1, -0.05) is 23.8 Å². The summed E-state index contributed by atoms with van der Waals surface area (Å²) >= 11 is 5.44. The predicted molar refractivity (Wildman–Crippen MR) is 48.4 cm³/mol. The Bertz CT molecular complexity index is 203. The monoisotopic (exact) mass is 187 g/mol. The Morgan fingerprint density at radius 1 is 1.50 bits per heavy atom. The number of esters is 1. The molecule has 0 bridgehead atoms. The molecule has 0 atom stereocenters. The molecule has 0 aromatic rings. The molecule has 0 saturated carbocycles. The van der Waals surface area contributed by atoms with Crippen LogP contribution in [0.25, 0.3) is 0 Å².